The Morgan fingerprint density at radius 3 is 2.84 bits per heavy atom. The Morgan fingerprint density at radius 2 is 2.05 bits per heavy atom. The minimum absolute atomic E-state index is 0.0167. The minimum Gasteiger partial charge on any atom is -0.325 e. The van der Waals surface area contributed by atoms with Gasteiger partial charge in [0.15, 0.2) is 0 Å². The molecule has 0 radical (unpaired) electrons. The zero-order chi connectivity index (χ0) is 13.2. The van der Waals surface area contributed by atoms with Crippen molar-refractivity contribution in [1.29, 1.82) is 0 Å². The normalized spacial score (nSPS) is 19.5. The molecule has 1 saturated heterocycles. The van der Waals surface area contributed by atoms with Crippen molar-refractivity contribution in [3.8, 4) is 0 Å². The van der Waals surface area contributed by atoms with Gasteiger partial charge in [0, 0.05) is 5.69 Å². The average Bonchev–Trinajstić information content (AvgIpc) is 2.79. The second-order valence-electron chi connectivity index (χ2n) is 4.83. The van der Waals surface area contributed by atoms with E-state index in [0.717, 1.165) is 31.3 Å². The number of carbonyl (C=O) groups excluding carboxylic acids is 1. The third kappa shape index (κ3) is 2.53. The number of H-pyrrole nitrogens is 2. The molecular formula is C13H16N4O2. The number of amides is 1. The Balaban J connectivity index is 1.76. The van der Waals surface area contributed by atoms with Crippen LogP contribution in [0, 0.1) is 0 Å². The summed E-state index contributed by atoms with van der Waals surface area (Å²) in [5.74, 6) is -0.0167. The van der Waals surface area contributed by atoms with Gasteiger partial charge < -0.3 is 20.6 Å². The number of anilines is 1. The molecule has 1 amide bonds. The molecule has 0 spiro atoms. The number of carbonyl (C=O) groups is 1. The third-order valence-corrected chi connectivity index (χ3v) is 3.41. The first-order valence-electron chi connectivity index (χ1n) is 6.49. The first kappa shape index (κ1) is 12.0. The van der Waals surface area contributed by atoms with E-state index < -0.39 is 0 Å². The molecule has 6 heteroatoms. The fourth-order valence-electron chi connectivity index (χ4n) is 2.42. The van der Waals surface area contributed by atoms with Crippen LogP contribution in [0.15, 0.2) is 23.0 Å². The largest absolute Gasteiger partial charge is 0.325 e. The standard InChI is InChI=1S/C13H16N4O2/c18-12(10-3-1-2-6-14-10)15-8-4-5-9-11(7-8)17-13(19)16-9/h4-5,7,10,14H,1-3,6H2,(H,15,18)(H2,16,17,19)/t10-/m1/s1. The quantitative estimate of drug-likeness (QED) is 0.647. The van der Waals surface area contributed by atoms with Crippen LogP contribution in [0.4, 0.5) is 5.69 Å². The Kier molecular flexibility index (Phi) is 3.08. The van der Waals surface area contributed by atoms with Crippen molar-refractivity contribution in [3.63, 3.8) is 0 Å². The van der Waals surface area contributed by atoms with E-state index in [1.807, 2.05) is 0 Å². The van der Waals surface area contributed by atoms with E-state index in [-0.39, 0.29) is 17.6 Å². The first-order chi connectivity index (χ1) is 9.22. The van der Waals surface area contributed by atoms with E-state index in [1.54, 1.807) is 18.2 Å². The summed E-state index contributed by atoms with van der Waals surface area (Å²) < 4.78 is 0. The van der Waals surface area contributed by atoms with Gasteiger partial charge in [-0.25, -0.2) is 4.79 Å². The van der Waals surface area contributed by atoms with Crippen molar-refractivity contribution < 1.29 is 4.79 Å². The Hall–Kier alpha value is -2.08. The summed E-state index contributed by atoms with van der Waals surface area (Å²) in [6.07, 6.45) is 3.07. The molecule has 0 bridgehead atoms. The third-order valence-electron chi connectivity index (χ3n) is 3.41. The molecule has 3 rings (SSSR count). The molecule has 100 valence electrons. The molecule has 1 aromatic heterocycles. The number of aromatic nitrogens is 2. The SMILES string of the molecule is O=C(Nc1ccc2[nH]c(=O)[nH]c2c1)[C@H]1CCCCN1. The van der Waals surface area contributed by atoms with E-state index in [1.165, 1.54) is 0 Å². The molecule has 0 unspecified atom stereocenters. The number of hydrogen-bond acceptors (Lipinski definition) is 3. The molecule has 4 N–H and O–H groups in total. The van der Waals surface area contributed by atoms with Crippen LogP contribution in [0.3, 0.4) is 0 Å². The molecule has 0 aliphatic carbocycles. The smallest absolute Gasteiger partial charge is 0.323 e. The molecule has 1 fully saturated rings. The van der Waals surface area contributed by atoms with Crippen LogP contribution in [0.1, 0.15) is 19.3 Å². The van der Waals surface area contributed by atoms with Crippen LogP contribution >= 0.6 is 0 Å². The van der Waals surface area contributed by atoms with Gasteiger partial charge in [0.2, 0.25) is 5.91 Å². The summed E-state index contributed by atoms with van der Waals surface area (Å²) in [5.41, 5.74) is 1.88. The van der Waals surface area contributed by atoms with E-state index in [4.69, 9.17) is 0 Å². The first-order valence-corrected chi connectivity index (χ1v) is 6.49. The maximum atomic E-state index is 12.1. The highest BCUT2D eigenvalue weighted by Gasteiger charge is 2.20. The number of aromatic amines is 2. The number of fused-ring (bicyclic) bond motifs is 1. The lowest BCUT2D eigenvalue weighted by Crippen LogP contribution is -2.43. The fraction of sp³-hybridized carbons (Fsp3) is 0.385. The highest BCUT2D eigenvalue weighted by Crippen LogP contribution is 2.16. The highest BCUT2D eigenvalue weighted by atomic mass is 16.2. The van der Waals surface area contributed by atoms with Gasteiger partial charge in [-0.05, 0) is 37.6 Å². The van der Waals surface area contributed by atoms with Gasteiger partial charge in [-0.1, -0.05) is 6.42 Å². The van der Waals surface area contributed by atoms with Gasteiger partial charge >= 0.3 is 5.69 Å². The molecule has 1 aromatic carbocycles. The number of piperidine rings is 1. The van der Waals surface area contributed by atoms with Gasteiger partial charge in [0.1, 0.15) is 0 Å². The molecule has 1 aliphatic rings. The number of benzene rings is 1. The second kappa shape index (κ2) is 4.89. The van der Waals surface area contributed by atoms with E-state index in [9.17, 15) is 9.59 Å². The van der Waals surface area contributed by atoms with Crippen LogP contribution in [0.5, 0.6) is 0 Å². The van der Waals surface area contributed by atoms with Gasteiger partial charge in [-0.2, -0.15) is 0 Å². The van der Waals surface area contributed by atoms with Crippen molar-refractivity contribution in [2.75, 3.05) is 11.9 Å². The molecule has 2 aromatic rings. The van der Waals surface area contributed by atoms with Gasteiger partial charge in [0.25, 0.3) is 0 Å². The molecule has 19 heavy (non-hydrogen) atoms. The maximum absolute atomic E-state index is 12.1. The zero-order valence-electron chi connectivity index (χ0n) is 10.5. The predicted molar refractivity (Wildman–Crippen MR) is 73.2 cm³/mol. The number of imidazole rings is 1. The molecular weight excluding hydrogens is 244 g/mol. The summed E-state index contributed by atoms with van der Waals surface area (Å²) in [6.45, 7) is 0.891. The lowest BCUT2D eigenvalue weighted by molar-refractivity contribution is -0.118. The van der Waals surface area contributed by atoms with E-state index in [2.05, 4.69) is 20.6 Å². The summed E-state index contributed by atoms with van der Waals surface area (Å²) in [7, 11) is 0. The molecule has 2 heterocycles. The minimum atomic E-state index is -0.243. The average molecular weight is 260 g/mol. The predicted octanol–water partition coefficient (Wildman–Crippen LogP) is 0.937. The van der Waals surface area contributed by atoms with Crippen molar-refractivity contribution >= 4 is 22.6 Å². The monoisotopic (exact) mass is 260 g/mol. The lowest BCUT2D eigenvalue weighted by atomic mass is 10.0. The van der Waals surface area contributed by atoms with E-state index >= 15 is 0 Å². The van der Waals surface area contributed by atoms with Gasteiger partial charge in [-0.3, -0.25) is 4.79 Å². The van der Waals surface area contributed by atoms with Crippen molar-refractivity contribution in [2.45, 2.75) is 25.3 Å². The van der Waals surface area contributed by atoms with Crippen molar-refractivity contribution in [1.82, 2.24) is 15.3 Å². The molecule has 1 aliphatic heterocycles. The molecule has 6 nitrogen and oxygen atoms in total. The second-order valence-corrected chi connectivity index (χ2v) is 4.83. The Morgan fingerprint density at radius 1 is 1.21 bits per heavy atom. The fourth-order valence-corrected chi connectivity index (χ4v) is 2.42. The summed E-state index contributed by atoms with van der Waals surface area (Å²) in [6, 6.07) is 5.20. The summed E-state index contributed by atoms with van der Waals surface area (Å²) in [5, 5.41) is 6.08. The molecule has 1 atom stereocenters. The van der Waals surface area contributed by atoms with E-state index in [0.29, 0.717) is 11.2 Å². The van der Waals surface area contributed by atoms with Crippen LogP contribution in [0.25, 0.3) is 11.0 Å². The number of rotatable bonds is 2. The number of nitrogens with one attached hydrogen (secondary N) is 4. The summed E-state index contributed by atoms with van der Waals surface area (Å²) >= 11 is 0. The lowest BCUT2D eigenvalue weighted by Gasteiger charge is -2.22. The number of hydrogen-bond donors (Lipinski definition) is 4. The van der Waals surface area contributed by atoms with Gasteiger partial charge in [-0.15, -0.1) is 0 Å². The van der Waals surface area contributed by atoms with Crippen molar-refractivity contribution in [2.24, 2.45) is 0 Å². The van der Waals surface area contributed by atoms with Crippen LogP contribution < -0.4 is 16.3 Å². The summed E-state index contributed by atoms with van der Waals surface area (Å²) in [4.78, 5) is 28.6. The van der Waals surface area contributed by atoms with Crippen molar-refractivity contribution in [3.05, 3.63) is 28.7 Å². The van der Waals surface area contributed by atoms with Crippen LogP contribution in [-0.2, 0) is 4.79 Å². The zero-order valence-corrected chi connectivity index (χ0v) is 10.5. The highest BCUT2D eigenvalue weighted by molar-refractivity contribution is 5.96. The topological polar surface area (TPSA) is 89.8 Å². The Bertz CT molecular complexity index is 652. The van der Waals surface area contributed by atoms with Crippen LogP contribution in [0.2, 0.25) is 0 Å². The van der Waals surface area contributed by atoms with Gasteiger partial charge in [0.05, 0.1) is 17.1 Å². The Labute approximate surface area is 109 Å². The molecule has 0 saturated carbocycles. The maximum Gasteiger partial charge on any atom is 0.323 e. The van der Waals surface area contributed by atoms with Crippen LogP contribution in [-0.4, -0.2) is 28.5 Å².